The van der Waals surface area contributed by atoms with E-state index >= 15 is 0 Å². The highest BCUT2D eigenvalue weighted by Crippen LogP contribution is 2.10. The van der Waals surface area contributed by atoms with Gasteiger partial charge in [0.25, 0.3) is 0 Å². The van der Waals surface area contributed by atoms with Gasteiger partial charge in [0.2, 0.25) is 0 Å². The molecule has 1 unspecified atom stereocenters. The molecule has 0 saturated heterocycles. The van der Waals surface area contributed by atoms with Gasteiger partial charge in [0.1, 0.15) is 5.82 Å². The molecule has 96 valence electrons. The van der Waals surface area contributed by atoms with Crippen molar-refractivity contribution in [2.24, 2.45) is 7.05 Å². The Labute approximate surface area is 107 Å². The van der Waals surface area contributed by atoms with Gasteiger partial charge >= 0.3 is 0 Å². The summed E-state index contributed by atoms with van der Waals surface area (Å²) in [5, 5.41) is 7.42. The third-order valence-electron chi connectivity index (χ3n) is 3.02. The average Bonchev–Trinajstić information content (AvgIpc) is 2.74. The van der Waals surface area contributed by atoms with Crippen LogP contribution in [0.15, 0.2) is 36.7 Å². The molecule has 0 aliphatic heterocycles. The fourth-order valence-electron chi connectivity index (χ4n) is 2.09. The van der Waals surface area contributed by atoms with Gasteiger partial charge in [-0.3, -0.25) is 4.68 Å². The summed E-state index contributed by atoms with van der Waals surface area (Å²) in [6, 6.07) is 7.06. The van der Waals surface area contributed by atoms with E-state index in [9.17, 15) is 4.39 Å². The van der Waals surface area contributed by atoms with Gasteiger partial charge < -0.3 is 5.32 Å². The Balaban J connectivity index is 2.01. The topological polar surface area (TPSA) is 29.9 Å². The molecule has 2 aromatic rings. The molecule has 3 nitrogen and oxygen atoms in total. The Morgan fingerprint density at radius 3 is 2.72 bits per heavy atom. The number of aryl methyl sites for hydroxylation is 1. The molecule has 4 heteroatoms. The highest BCUT2D eigenvalue weighted by Gasteiger charge is 2.10. The molecular formula is C14H18FN3. The third-order valence-corrected chi connectivity index (χ3v) is 3.02. The zero-order chi connectivity index (χ0) is 13.0. The second kappa shape index (κ2) is 5.78. The number of benzene rings is 1. The van der Waals surface area contributed by atoms with Crippen LogP contribution < -0.4 is 5.32 Å². The van der Waals surface area contributed by atoms with Gasteiger partial charge in [-0.1, -0.05) is 12.1 Å². The smallest absolute Gasteiger partial charge is 0.123 e. The summed E-state index contributed by atoms with van der Waals surface area (Å²) in [6.07, 6.45) is 5.58. The maximum atomic E-state index is 13.1. The van der Waals surface area contributed by atoms with Crippen molar-refractivity contribution >= 4 is 0 Å². The third kappa shape index (κ3) is 3.40. The van der Waals surface area contributed by atoms with E-state index in [2.05, 4.69) is 10.4 Å². The van der Waals surface area contributed by atoms with Crippen LogP contribution in [-0.4, -0.2) is 22.9 Å². The molecule has 1 aromatic carbocycles. The summed E-state index contributed by atoms with van der Waals surface area (Å²) in [5.74, 6) is -0.177. The van der Waals surface area contributed by atoms with Crippen molar-refractivity contribution in [2.45, 2.75) is 18.9 Å². The summed E-state index contributed by atoms with van der Waals surface area (Å²) in [4.78, 5) is 0. The molecule has 0 saturated carbocycles. The largest absolute Gasteiger partial charge is 0.316 e. The minimum atomic E-state index is -0.177. The van der Waals surface area contributed by atoms with Crippen LogP contribution in [0.3, 0.4) is 0 Å². The van der Waals surface area contributed by atoms with Gasteiger partial charge in [-0.25, -0.2) is 4.39 Å². The Hall–Kier alpha value is -1.68. The van der Waals surface area contributed by atoms with E-state index < -0.39 is 0 Å². The van der Waals surface area contributed by atoms with Crippen LogP contribution in [0.2, 0.25) is 0 Å². The maximum Gasteiger partial charge on any atom is 0.123 e. The lowest BCUT2D eigenvalue weighted by molar-refractivity contribution is 0.552. The zero-order valence-electron chi connectivity index (χ0n) is 10.7. The molecule has 1 N–H and O–H groups in total. The predicted octanol–water partition coefficient (Wildman–Crippen LogP) is 1.93. The van der Waals surface area contributed by atoms with Crippen molar-refractivity contribution in [3.05, 3.63) is 53.6 Å². The molecule has 1 heterocycles. The Bertz CT molecular complexity index is 507. The quantitative estimate of drug-likeness (QED) is 0.875. The first-order valence-corrected chi connectivity index (χ1v) is 6.06. The normalized spacial score (nSPS) is 12.6. The highest BCUT2D eigenvalue weighted by molar-refractivity contribution is 5.18. The fourth-order valence-corrected chi connectivity index (χ4v) is 2.09. The van der Waals surface area contributed by atoms with Crippen molar-refractivity contribution in [3.8, 4) is 0 Å². The number of hydrogen-bond donors (Lipinski definition) is 1. The molecule has 0 spiro atoms. The van der Waals surface area contributed by atoms with Gasteiger partial charge in [-0.05, 0) is 43.1 Å². The molecule has 1 aromatic heterocycles. The predicted molar refractivity (Wildman–Crippen MR) is 69.9 cm³/mol. The fraction of sp³-hybridized carbons (Fsp3) is 0.357. The van der Waals surface area contributed by atoms with Crippen molar-refractivity contribution < 1.29 is 4.39 Å². The standard InChI is InChI=1S/C14H18FN3/c1-16-14(8-12-9-17-18(2)10-12)7-11-4-3-5-13(15)6-11/h3-6,9-10,14,16H,7-8H2,1-2H3. The van der Waals surface area contributed by atoms with Gasteiger partial charge in [0.05, 0.1) is 6.20 Å². The molecule has 2 rings (SSSR count). The number of nitrogens with zero attached hydrogens (tertiary/aromatic N) is 2. The van der Waals surface area contributed by atoms with Gasteiger partial charge in [0, 0.05) is 19.3 Å². The van der Waals surface area contributed by atoms with E-state index in [4.69, 9.17) is 0 Å². The second-order valence-corrected chi connectivity index (χ2v) is 4.55. The van der Waals surface area contributed by atoms with Gasteiger partial charge in [-0.2, -0.15) is 5.10 Å². The van der Waals surface area contributed by atoms with E-state index in [1.807, 2.05) is 32.6 Å². The Morgan fingerprint density at radius 2 is 2.11 bits per heavy atom. The van der Waals surface area contributed by atoms with Crippen LogP contribution in [0.5, 0.6) is 0 Å². The number of halogens is 1. The Kier molecular flexibility index (Phi) is 4.10. The monoisotopic (exact) mass is 247 g/mol. The lowest BCUT2D eigenvalue weighted by Gasteiger charge is -2.15. The van der Waals surface area contributed by atoms with E-state index in [1.165, 1.54) is 11.6 Å². The van der Waals surface area contributed by atoms with Crippen LogP contribution in [-0.2, 0) is 19.9 Å². The van der Waals surface area contributed by atoms with E-state index in [0.29, 0.717) is 0 Å². The van der Waals surface area contributed by atoms with Crippen molar-refractivity contribution in [2.75, 3.05) is 7.05 Å². The molecular weight excluding hydrogens is 229 g/mol. The molecule has 0 aliphatic carbocycles. The Morgan fingerprint density at radius 1 is 1.33 bits per heavy atom. The lowest BCUT2D eigenvalue weighted by Crippen LogP contribution is -2.29. The van der Waals surface area contributed by atoms with Crippen molar-refractivity contribution in [3.63, 3.8) is 0 Å². The van der Waals surface area contributed by atoms with E-state index in [-0.39, 0.29) is 11.9 Å². The summed E-state index contributed by atoms with van der Waals surface area (Å²) >= 11 is 0. The van der Waals surface area contributed by atoms with Gasteiger partial charge in [0.15, 0.2) is 0 Å². The highest BCUT2D eigenvalue weighted by atomic mass is 19.1. The first-order chi connectivity index (χ1) is 8.67. The molecule has 0 amide bonds. The molecule has 0 radical (unpaired) electrons. The van der Waals surface area contributed by atoms with E-state index in [1.54, 1.807) is 16.8 Å². The van der Waals surface area contributed by atoms with Gasteiger partial charge in [-0.15, -0.1) is 0 Å². The number of nitrogens with one attached hydrogen (secondary N) is 1. The van der Waals surface area contributed by atoms with E-state index in [0.717, 1.165) is 18.4 Å². The molecule has 0 fully saturated rings. The molecule has 0 aliphatic rings. The second-order valence-electron chi connectivity index (χ2n) is 4.55. The zero-order valence-corrected chi connectivity index (χ0v) is 10.7. The molecule has 0 bridgehead atoms. The van der Waals surface area contributed by atoms with Crippen LogP contribution in [0.4, 0.5) is 4.39 Å². The number of rotatable bonds is 5. The first-order valence-electron chi connectivity index (χ1n) is 6.06. The average molecular weight is 247 g/mol. The number of hydrogen-bond acceptors (Lipinski definition) is 2. The lowest BCUT2D eigenvalue weighted by atomic mass is 10.0. The molecule has 18 heavy (non-hydrogen) atoms. The van der Waals surface area contributed by atoms with Crippen molar-refractivity contribution in [1.82, 2.24) is 15.1 Å². The number of aromatic nitrogens is 2. The summed E-state index contributed by atoms with van der Waals surface area (Å²) in [6.45, 7) is 0. The van der Waals surface area contributed by atoms with Crippen LogP contribution in [0, 0.1) is 5.82 Å². The first kappa shape index (κ1) is 12.8. The van der Waals surface area contributed by atoms with Crippen LogP contribution in [0.25, 0.3) is 0 Å². The minimum Gasteiger partial charge on any atom is -0.316 e. The molecule has 1 atom stereocenters. The SMILES string of the molecule is CNC(Cc1cccc(F)c1)Cc1cnn(C)c1. The van der Waals surface area contributed by atoms with Crippen LogP contribution >= 0.6 is 0 Å². The minimum absolute atomic E-state index is 0.177. The maximum absolute atomic E-state index is 13.1. The summed E-state index contributed by atoms with van der Waals surface area (Å²) in [7, 11) is 3.84. The summed E-state index contributed by atoms with van der Waals surface area (Å²) < 4.78 is 14.9. The van der Waals surface area contributed by atoms with Crippen molar-refractivity contribution in [1.29, 1.82) is 0 Å². The summed E-state index contributed by atoms with van der Waals surface area (Å²) in [5.41, 5.74) is 2.20. The number of likely N-dealkylation sites (N-methyl/N-ethyl adjacent to an activating group) is 1. The van der Waals surface area contributed by atoms with Crippen LogP contribution in [0.1, 0.15) is 11.1 Å².